The van der Waals surface area contributed by atoms with Gasteiger partial charge < -0.3 is 5.32 Å². The zero-order valence-electron chi connectivity index (χ0n) is 10.7. The van der Waals surface area contributed by atoms with Gasteiger partial charge in [0.2, 0.25) is 5.91 Å². The molecular formula is C14H20ClNO. The van der Waals surface area contributed by atoms with Gasteiger partial charge in [0.05, 0.1) is 5.92 Å². The quantitative estimate of drug-likeness (QED) is 0.803. The number of hydrogen-bond donors (Lipinski definition) is 1. The van der Waals surface area contributed by atoms with Crippen molar-refractivity contribution in [2.75, 3.05) is 12.4 Å². The van der Waals surface area contributed by atoms with E-state index in [-0.39, 0.29) is 17.2 Å². The fraction of sp³-hybridized carbons (Fsp3) is 0.500. The summed E-state index contributed by atoms with van der Waals surface area (Å²) in [5, 5.41) is 2.95. The maximum atomic E-state index is 12.0. The van der Waals surface area contributed by atoms with E-state index in [0.717, 1.165) is 5.56 Å². The second kappa shape index (κ2) is 6.06. The Kier molecular flexibility index (Phi) is 5.01. The zero-order chi connectivity index (χ0) is 12.9. The van der Waals surface area contributed by atoms with E-state index >= 15 is 0 Å². The largest absolute Gasteiger partial charge is 0.355 e. The Bertz CT molecular complexity index is 362. The first-order chi connectivity index (χ1) is 7.96. The van der Waals surface area contributed by atoms with Crippen molar-refractivity contribution in [1.82, 2.24) is 5.32 Å². The van der Waals surface area contributed by atoms with Crippen molar-refractivity contribution in [3.8, 4) is 0 Å². The molecule has 1 rings (SSSR count). The summed E-state index contributed by atoms with van der Waals surface area (Å²) >= 11 is 5.82. The zero-order valence-corrected chi connectivity index (χ0v) is 11.4. The lowest BCUT2D eigenvalue weighted by molar-refractivity contribution is -0.122. The molecule has 0 heterocycles. The number of carbonyl (C=O) groups excluding carboxylic acids is 1. The standard InChI is InChI=1S/C14H20ClNO/c1-11(12-7-5-4-6-8-12)13(17)16-10-14(2,3)9-15/h4-8,11H,9-10H2,1-3H3,(H,16,17). The summed E-state index contributed by atoms with van der Waals surface area (Å²) < 4.78 is 0. The molecule has 0 fully saturated rings. The van der Waals surface area contributed by atoms with Gasteiger partial charge in [-0.3, -0.25) is 4.79 Å². The average Bonchev–Trinajstić information content (AvgIpc) is 2.36. The molecule has 1 aromatic rings. The second-order valence-corrected chi connectivity index (χ2v) is 5.42. The number of nitrogens with one attached hydrogen (secondary N) is 1. The van der Waals surface area contributed by atoms with Crippen molar-refractivity contribution in [2.45, 2.75) is 26.7 Å². The third-order valence-electron chi connectivity index (χ3n) is 2.80. The van der Waals surface area contributed by atoms with E-state index in [0.29, 0.717) is 12.4 Å². The Labute approximate surface area is 108 Å². The summed E-state index contributed by atoms with van der Waals surface area (Å²) in [6.45, 7) is 6.59. The summed E-state index contributed by atoms with van der Waals surface area (Å²) in [4.78, 5) is 12.0. The molecule has 0 spiro atoms. The molecule has 0 aliphatic heterocycles. The predicted molar refractivity (Wildman–Crippen MR) is 72.4 cm³/mol. The molecule has 0 saturated heterocycles. The summed E-state index contributed by atoms with van der Waals surface area (Å²) in [5.41, 5.74) is 0.974. The number of alkyl halides is 1. The van der Waals surface area contributed by atoms with Crippen molar-refractivity contribution < 1.29 is 4.79 Å². The van der Waals surface area contributed by atoms with E-state index < -0.39 is 0 Å². The third kappa shape index (κ3) is 4.39. The Balaban J connectivity index is 2.54. The van der Waals surface area contributed by atoms with Crippen LogP contribution in [0.5, 0.6) is 0 Å². The fourth-order valence-electron chi connectivity index (χ4n) is 1.42. The molecule has 1 atom stereocenters. The molecule has 0 radical (unpaired) electrons. The Morgan fingerprint density at radius 3 is 2.47 bits per heavy atom. The average molecular weight is 254 g/mol. The van der Waals surface area contributed by atoms with Crippen LogP contribution in [0.3, 0.4) is 0 Å². The third-order valence-corrected chi connectivity index (χ3v) is 3.52. The van der Waals surface area contributed by atoms with Gasteiger partial charge in [0, 0.05) is 12.4 Å². The van der Waals surface area contributed by atoms with Crippen molar-refractivity contribution in [1.29, 1.82) is 0 Å². The molecule has 1 unspecified atom stereocenters. The van der Waals surface area contributed by atoms with Crippen LogP contribution in [0.4, 0.5) is 0 Å². The highest BCUT2D eigenvalue weighted by molar-refractivity contribution is 6.18. The number of rotatable bonds is 5. The molecular weight excluding hydrogens is 234 g/mol. The number of amides is 1. The summed E-state index contributed by atoms with van der Waals surface area (Å²) in [6.07, 6.45) is 0. The van der Waals surface area contributed by atoms with Gasteiger partial charge in [-0.1, -0.05) is 44.2 Å². The van der Waals surface area contributed by atoms with Crippen LogP contribution >= 0.6 is 11.6 Å². The fourth-order valence-corrected chi connectivity index (χ4v) is 1.51. The van der Waals surface area contributed by atoms with E-state index in [1.165, 1.54) is 0 Å². The van der Waals surface area contributed by atoms with Gasteiger partial charge in [0.25, 0.3) is 0 Å². The van der Waals surface area contributed by atoms with Crippen molar-refractivity contribution in [2.24, 2.45) is 5.41 Å². The van der Waals surface area contributed by atoms with E-state index in [2.05, 4.69) is 5.32 Å². The minimum Gasteiger partial charge on any atom is -0.355 e. The molecule has 94 valence electrons. The molecule has 0 saturated carbocycles. The summed E-state index contributed by atoms with van der Waals surface area (Å²) in [5.74, 6) is 0.462. The highest BCUT2D eigenvalue weighted by atomic mass is 35.5. The first-order valence-corrected chi connectivity index (χ1v) is 6.38. The van der Waals surface area contributed by atoms with Crippen LogP contribution in [0.15, 0.2) is 30.3 Å². The second-order valence-electron chi connectivity index (χ2n) is 5.15. The monoisotopic (exact) mass is 253 g/mol. The summed E-state index contributed by atoms with van der Waals surface area (Å²) in [6, 6.07) is 9.78. The molecule has 0 aliphatic carbocycles. The van der Waals surface area contributed by atoms with Gasteiger partial charge in [-0.05, 0) is 17.9 Å². The van der Waals surface area contributed by atoms with E-state index in [1.807, 2.05) is 51.1 Å². The molecule has 17 heavy (non-hydrogen) atoms. The molecule has 1 amide bonds. The topological polar surface area (TPSA) is 29.1 Å². The lowest BCUT2D eigenvalue weighted by Crippen LogP contribution is -2.37. The first kappa shape index (κ1) is 14.0. The molecule has 2 nitrogen and oxygen atoms in total. The van der Waals surface area contributed by atoms with E-state index in [4.69, 9.17) is 11.6 Å². The van der Waals surface area contributed by atoms with Crippen LogP contribution in [0.25, 0.3) is 0 Å². The first-order valence-electron chi connectivity index (χ1n) is 5.85. The number of halogens is 1. The van der Waals surface area contributed by atoms with E-state index in [9.17, 15) is 4.79 Å². The van der Waals surface area contributed by atoms with Crippen LogP contribution in [-0.2, 0) is 4.79 Å². The smallest absolute Gasteiger partial charge is 0.227 e. The van der Waals surface area contributed by atoms with Crippen LogP contribution < -0.4 is 5.32 Å². The Hall–Kier alpha value is -1.02. The molecule has 0 bridgehead atoms. The Morgan fingerprint density at radius 2 is 1.94 bits per heavy atom. The van der Waals surface area contributed by atoms with E-state index in [1.54, 1.807) is 0 Å². The SMILES string of the molecule is CC(C(=O)NCC(C)(C)CCl)c1ccccc1. The molecule has 3 heteroatoms. The highest BCUT2D eigenvalue weighted by Gasteiger charge is 2.20. The van der Waals surface area contributed by atoms with Gasteiger partial charge in [-0.25, -0.2) is 0 Å². The Morgan fingerprint density at radius 1 is 1.35 bits per heavy atom. The lowest BCUT2D eigenvalue weighted by atomic mass is 9.95. The van der Waals surface area contributed by atoms with Gasteiger partial charge in [0.1, 0.15) is 0 Å². The maximum Gasteiger partial charge on any atom is 0.227 e. The highest BCUT2D eigenvalue weighted by Crippen LogP contribution is 2.17. The van der Waals surface area contributed by atoms with Crippen LogP contribution in [-0.4, -0.2) is 18.3 Å². The molecule has 1 N–H and O–H groups in total. The number of carbonyl (C=O) groups is 1. The minimum absolute atomic E-state index is 0.0504. The maximum absolute atomic E-state index is 12.0. The predicted octanol–water partition coefficient (Wildman–Crippen LogP) is 3.17. The van der Waals surface area contributed by atoms with Crippen molar-refractivity contribution in [3.05, 3.63) is 35.9 Å². The lowest BCUT2D eigenvalue weighted by Gasteiger charge is -2.23. The minimum atomic E-state index is -0.123. The van der Waals surface area contributed by atoms with Gasteiger partial charge >= 0.3 is 0 Å². The van der Waals surface area contributed by atoms with Crippen LogP contribution in [0.1, 0.15) is 32.3 Å². The van der Waals surface area contributed by atoms with Crippen LogP contribution in [0, 0.1) is 5.41 Å². The molecule has 1 aromatic carbocycles. The normalized spacial score (nSPS) is 13.2. The van der Waals surface area contributed by atoms with Crippen molar-refractivity contribution in [3.63, 3.8) is 0 Å². The van der Waals surface area contributed by atoms with Crippen LogP contribution in [0.2, 0.25) is 0 Å². The van der Waals surface area contributed by atoms with Gasteiger partial charge in [-0.15, -0.1) is 11.6 Å². The summed E-state index contributed by atoms with van der Waals surface area (Å²) in [7, 11) is 0. The number of hydrogen-bond acceptors (Lipinski definition) is 1. The van der Waals surface area contributed by atoms with Gasteiger partial charge in [-0.2, -0.15) is 0 Å². The molecule has 0 aromatic heterocycles. The number of benzene rings is 1. The molecule has 0 aliphatic rings. The van der Waals surface area contributed by atoms with Crippen molar-refractivity contribution >= 4 is 17.5 Å². The van der Waals surface area contributed by atoms with Gasteiger partial charge in [0.15, 0.2) is 0 Å².